The van der Waals surface area contributed by atoms with Crippen molar-refractivity contribution in [2.75, 3.05) is 0 Å². The van der Waals surface area contributed by atoms with Crippen molar-refractivity contribution < 1.29 is 66.2 Å². The third-order valence-electron chi connectivity index (χ3n) is 3.03. The molecule has 0 rings (SSSR count). The number of hydrogen-bond acceptors (Lipinski definition) is 1. The van der Waals surface area contributed by atoms with Crippen LogP contribution in [0.5, 0.6) is 0 Å². The van der Waals surface area contributed by atoms with Gasteiger partial charge in [0.2, 0.25) is 11.3 Å². The van der Waals surface area contributed by atoms with Crippen LogP contribution in [-0.2, 0) is 4.74 Å². The van der Waals surface area contributed by atoms with Crippen molar-refractivity contribution in [1.29, 1.82) is 0 Å². The smallest absolute Gasteiger partial charge is 0.245 e. The van der Waals surface area contributed by atoms with E-state index in [1.807, 2.05) is 0 Å². The van der Waals surface area contributed by atoms with Gasteiger partial charge in [-0.15, -0.1) is 0 Å². The summed E-state index contributed by atoms with van der Waals surface area (Å²) in [7, 11) is 0. The summed E-state index contributed by atoms with van der Waals surface area (Å²) >= 11 is 0. The summed E-state index contributed by atoms with van der Waals surface area (Å²) in [5.74, 6) is -13.7. The molecule has 0 heterocycles. The lowest BCUT2D eigenvalue weighted by atomic mass is 9.98. The van der Waals surface area contributed by atoms with Crippen LogP contribution in [0.2, 0.25) is 0 Å². The van der Waals surface area contributed by atoms with Gasteiger partial charge in [-0.05, 0) is 13.8 Å². The molecule has 0 spiro atoms. The van der Waals surface area contributed by atoms with Crippen molar-refractivity contribution in [1.82, 2.24) is 0 Å². The van der Waals surface area contributed by atoms with E-state index in [0.29, 0.717) is 0 Å². The summed E-state index contributed by atoms with van der Waals surface area (Å²) in [5.41, 5.74) is -11.1. The molecule has 2 atom stereocenters. The lowest BCUT2D eigenvalue weighted by molar-refractivity contribution is -0.492. The van der Waals surface area contributed by atoms with Crippen molar-refractivity contribution in [3.05, 3.63) is 0 Å². The van der Waals surface area contributed by atoms with Crippen LogP contribution in [0.4, 0.5) is 61.5 Å². The molecule has 0 aromatic rings. The minimum absolute atomic E-state index is 0.885. The molecule has 0 amide bonds. The van der Waals surface area contributed by atoms with Crippen LogP contribution in [-0.4, -0.2) is 48.3 Å². The van der Waals surface area contributed by atoms with Crippen molar-refractivity contribution in [2.24, 2.45) is 0 Å². The monoisotopic (exact) mass is 410 g/mol. The van der Waals surface area contributed by atoms with E-state index in [1.165, 1.54) is 0 Å². The van der Waals surface area contributed by atoms with Crippen molar-refractivity contribution >= 4 is 0 Å². The molecule has 15 heteroatoms. The number of halogens is 14. The largest absolute Gasteiger partial charge is 0.427 e. The predicted molar refractivity (Wildman–Crippen MR) is 51.9 cm³/mol. The zero-order chi connectivity index (χ0) is 20.9. The Morgan fingerprint density at radius 2 is 0.720 bits per heavy atom. The molecule has 0 aliphatic heterocycles. The van der Waals surface area contributed by atoms with Crippen LogP contribution in [0.3, 0.4) is 0 Å². The minimum Gasteiger partial charge on any atom is -0.245 e. The highest BCUT2D eigenvalue weighted by molar-refractivity contribution is 5.02. The SMILES string of the molecule is CC(F)(C(F)F)C(F)(F)C(F)(F)OC(F)(F)C(F)(F)C(C)(F)C(F)F. The summed E-state index contributed by atoms with van der Waals surface area (Å²) in [6.07, 6.45) is -24.0. The molecule has 25 heavy (non-hydrogen) atoms. The third-order valence-corrected chi connectivity index (χ3v) is 3.03. The van der Waals surface area contributed by atoms with Gasteiger partial charge in [-0.1, -0.05) is 0 Å². The average molecular weight is 410 g/mol. The minimum atomic E-state index is -7.07. The van der Waals surface area contributed by atoms with Crippen LogP contribution in [0.1, 0.15) is 13.8 Å². The fourth-order valence-corrected chi connectivity index (χ4v) is 1.13. The molecule has 0 saturated heterocycles. The third kappa shape index (κ3) is 3.60. The fraction of sp³-hybridized carbons (Fsp3) is 1.00. The van der Waals surface area contributed by atoms with Crippen LogP contribution in [0.25, 0.3) is 0 Å². The first kappa shape index (κ1) is 24.0. The van der Waals surface area contributed by atoms with Gasteiger partial charge in [-0.2, -0.15) is 35.1 Å². The maximum atomic E-state index is 13.1. The molecule has 0 radical (unpaired) electrons. The van der Waals surface area contributed by atoms with Crippen LogP contribution < -0.4 is 0 Å². The molecule has 0 aliphatic rings. The molecule has 0 aromatic heterocycles. The van der Waals surface area contributed by atoms with E-state index in [4.69, 9.17) is 0 Å². The van der Waals surface area contributed by atoms with Crippen LogP contribution in [0.15, 0.2) is 0 Å². The summed E-state index contributed by atoms with van der Waals surface area (Å²) < 4.78 is 180. The second-order valence-electron chi connectivity index (χ2n) is 5.04. The van der Waals surface area contributed by atoms with Gasteiger partial charge in [0.25, 0.3) is 12.9 Å². The lowest BCUT2D eigenvalue weighted by Gasteiger charge is -2.39. The Hall–Kier alpha value is -1.02. The normalized spacial score (nSPS) is 19.9. The quantitative estimate of drug-likeness (QED) is 0.484. The van der Waals surface area contributed by atoms with Gasteiger partial charge in [0, 0.05) is 0 Å². The molecule has 0 fully saturated rings. The molecule has 0 aliphatic carbocycles. The van der Waals surface area contributed by atoms with Crippen LogP contribution >= 0.6 is 0 Å². The molecular formula is C10H8F14O. The highest BCUT2D eigenvalue weighted by Crippen LogP contribution is 2.54. The van der Waals surface area contributed by atoms with Gasteiger partial charge in [-0.3, -0.25) is 0 Å². The lowest BCUT2D eigenvalue weighted by Crippen LogP contribution is -2.65. The predicted octanol–water partition coefficient (Wildman–Crippen LogP) is 5.45. The Balaban J connectivity index is 5.96. The summed E-state index contributed by atoms with van der Waals surface area (Å²) in [4.78, 5) is 0. The molecule has 0 N–H and O–H groups in total. The molecule has 152 valence electrons. The fourth-order valence-electron chi connectivity index (χ4n) is 1.13. The molecule has 1 nitrogen and oxygen atoms in total. The Morgan fingerprint density at radius 1 is 0.520 bits per heavy atom. The van der Waals surface area contributed by atoms with Crippen molar-refractivity contribution in [3.63, 3.8) is 0 Å². The van der Waals surface area contributed by atoms with E-state index in [-0.39, 0.29) is 0 Å². The van der Waals surface area contributed by atoms with Gasteiger partial charge in [0.05, 0.1) is 0 Å². The number of ether oxygens (including phenoxy) is 1. The zero-order valence-corrected chi connectivity index (χ0v) is 11.9. The van der Waals surface area contributed by atoms with E-state index < -0.39 is 62.1 Å². The highest BCUT2D eigenvalue weighted by Gasteiger charge is 2.80. The zero-order valence-electron chi connectivity index (χ0n) is 11.9. The molecule has 0 bridgehead atoms. The van der Waals surface area contributed by atoms with Crippen molar-refractivity contribution in [2.45, 2.75) is 62.1 Å². The van der Waals surface area contributed by atoms with E-state index in [0.717, 1.165) is 0 Å². The Bertz CT molecular complexity index is 426. The van der Waals surface area contributed by atoms with Gasteiger partial charge < -0.3 is 0 Å². The van der Waals surface area contributed by atoms with Crippen molar-refractivity contribution in [3.8, 4) is 0 Å². The molecule has 0 aromatic carbocycles. The van der Waals surface area contributed by atoms with Gasteiger partial charge >= 0.3 is 24.1 Å². The molecular weight excluding hydrogens is 402 g/mol. The number of rotatable bonds is 8. The Kier molecular flexibility index (Phi) is 6.04. The molecule has 2 unspecified atom stereocenters. The number of alkyl halides is 14. The first-order valence-electron chi connectivity index (χ1n) is 5.75. The highest BCUT2D eigenvalue weighted by atomic mass is 19.4. The van der Waals surface area contributed by atoms with Crippen LogP contribution in [0, 0.1) is 0 Å². The number of hydrogen-bond donors (Lipinski definition) is 0. The topological polar surface area (TPSA) is 9.23 Å². The van der Waals surface area contributed by atoms with E-state index in [1.54, 1.807) is 4.74 Å². The first-order chi connectivity index (χ1) is 10.6. The molecule has 0 saturated carbocycles. The Morgan fingerprint density at radius 3 is 0.880 bits per heavy atom. The van der Waals surface area contributed by atoms with Gasteiger partial charge in [-0.25, -0.2) is 31.1 Å². The second kappa shape index (κ2) is 6.30. The van der Waals surface area contributed by atoms with E-state index >= 15 is 0 Å². The standard InChI is InChI=1S/C10H8F14O/c1-5(15,3(11)12)7(17,18)9(21,22)25-10(23,24)8(19,20)6(2,16)4(13)14/h3-4H,1-2H3. The summed E-state index contributed by atoms with van der Waals surface area (Å²) in [6.45, 7) is -1.77. The van der Waals surface area contributed by atoms with Gasteiger partial charge in [0.1, 0.15) is 0 Å². The average Bonchev–Trinajstić information content (AvgIpc) is 2.35. The van der Waals surface area contributed by atoms with Gasteiger partial charge in [0.15, 0.2) is 0 Å². The summed E-state index contributed by atoms with van der Waals surface area (Å²) in [5, 5.41) is 0. The second-order valence-corrected chi connectivity index (χ2v) is 5.04. The first-order valence-corrected chi connectivity index (χ1v) is 5.75. The summed E-state index contributed by atoms with van der Waals surface area (Å²) in [6, 6.07) is 0. The maximum Gasteiger partial charge on any atom is 0.427 e. The maximum absolute atomic E-state index is 13.1. The van der Waals surface area contributed by atoms with E-state index in [9.17, 15) is 61.5 Å². The Labute approximate surface area is 129 Å². The van der Waals surface area contributed by atoms with E-state index in [2.05, 4.69) is 0 Å².